The molecule has 2 aromatic rings. The summed E-state index contributed by atoms with van der Waals surface area (Å²) in [6.45, 7) is 5.54. The molecule has 1 heterocycles. The Hall–Kier alpha value is -2.23. The van der Waals surface area contributed by atoms with Gasteiger partial charge in [0, 0.05) is 19.3 Å². The zero-order chi connectivity index (χ0) is 15.2. The van der Waals surface area contributed by atoms with Crippen molar-refractivity contribution < 1.29 is 4.79 Å². The lowest BCUT2D eigenvalue weighted by molar-refractivity contribution is 0.0941. The first kappa shape index (κ1) is 15.2. The van der Waals surface area contributed by atoms with E-state index in [1.165, 1.54) is 5.56 Å². The zero-order valence-electron chi connectivity index (χ0n) is 12.7. The van der Waals surface area contributed by atoms with Gasteiger partial charge in [-0.15, -0.1) is 0 Å². The van der Waals surface area contributed by atoms with Gasteiger partial charge in [0.2, 0.25) is 0 Å². The van der Waals surface area contributed by atoms with Gasteiger partial charge in [-0.1, -0.05) is 38.1 Å². The third kappa shape index (κ3) is 3.66. The van der Waals surface area contributed by atoms with Crippen LogP contribution in [0.2, 0.25) is 0 Å². The zero-order valence-corrected chi connectivity index (χ0v) is 12.7. The minimum atomic E-state index is -0.0777. The Kier molecular flexibility index (Phi) is 5.04. The van der Waals surface area contributed by atoms with Gasteiger partial charge >= 0.3 is 0 Å². The fourth-order valence-corrected chi connectivity index (χ4v) is 2.49. The molecular formula is C17H23N3O. The number of benzene rings is 1. The van der Waals surface area contributed by atoms with Gasteiger partial charge in [0.1, 0.15) is 5.69 Å². The van der Waals surface area contributed by atoms with E-state index >= 15 is 0 Å². The molecule has 1 amide bonds. The van der Waals surface area contributed by atoms with Crippen molar-refractivity contribution >= 4 is 11.6 Å². The lowest BCUT2D eigenvalue weighted by Crippen LogP contribution is -2.25. The molecule has 0 aliphatic heterocycles. The van der Waals surface area contributed by atoms with Gasteiger partial charge in [0.25, 0.3) is 5.91 Å². The predicted octanol–water partition coefficient (Wildman–Crippen LogP) is 2.97. The summed E-state index contributed by atoms with van der Waals surface area (Å²) in [6.07, 6.45) is 3.75. The van der Waals surface area contributed by atoms with Crippen molar-refractivity contribution in [2.45, 2.75) is 39.8 Å². The van der Waals surface area contributed by atoms with Gasteiger partial charge in [-0.2, -0.15) is 0 Å². The van der Waals surface area contributed by atoms with E-state index in [1.807, 2.05) is 22.9 Å². The summed E-state index contributed by atoms with van der Waals surface area (Å²) in [5.74, 6) is -0.0777. The molecule has 3 N–H and O–H groups in total. The quantitative estimate of drug-likeness (QED) is 0.857. The summed E-state index contributed by atoms with van der Waals surface area (Å²) in [5, 5.41) is 2.99. The largest absolute Gasteiger partial charge is 0.397 e. The lowest BCUT2D eigenvalue weighted by atomic mass is 10.1. The van der Waals surface area contributed by atoms with Crippen LogP contribution in [0.1, 0.15) is 41.9 Å². The van der Waals surface area contributed by atoms with Crippen LogP contribution in [-0.4, -0.2) is 10.5 Å². The number of amides is 1. The first-order valence-electron chi connectivity index (χ1n) is 7.46. The molecule has 0 aliphatic carbocycles. The van der Waals surface area contributed by atoms with Gasteiger partial charge in [-0.05, 0) is 30.0 Å². The van der Waals surface area contributed by atoms with Crippen LogP contribution in [0, 0.1) is 0 Å². The number of nitrogens with zero attached hydrogens (tertiary/aromatic N) is 1. The smallest absolute Gasteiger partial charge is 0.268 e. The number of aryl methyl sites for hydroxylation is 2. The molecule has 0 unspecified atom stereocenters. The molecule has 0 bridgehead atoms. The molecule has 0 spiro atoms. The van der Waals surface area contributed by atoms with Crippen molar-refractivity contribution in [1.82, 2.24) is 9.88 Å². The highest BCUT2D eigenvalue weighted by Gasteiger charge is 2.12. The molecule has 2 rings (SSSR count). The molecule has 0 aliphatic rings. The number of rotatable bonds is 6. The second kappa shape index (κ2) is 6.97. The van der Waals surface area contributed by atoms with Gasteiger partial charge in [-0.3, -0.25) is 4.79 Å². The SMILES string of the molecule is CCCn1cc(N)cc1C(=O)NCc1ccccc1CC. The highest BCUT2D eigenvalue weighted by Crippen LogP contribution is 2.13. The molecule has 0 atom stereocenters. The molecule has 0 fully saturated rings. The molecule has 4 heteroatoms. The van der Waals surface area contributed by atoms with E-state index in [0.717, 1.165) is 24.9 Å². The number of nitrogens with two attached hydrogens (primary N) is 1. The van der Waals surface area contributed by atoms with Crippen molar-refractivity contribution in [1.29, 1.82) is 0 Å². The van der Waals surface area contributed by atoms with Crippen LogP contribution in [0.25, 0.3) is 0 Å². The van der Waals surface area contributed by atoms with Gasteiger partial charge in [-0.25, -0.2) is 0 Å². The number of carbonyl (C=O) groups excluding carboxylic acids is 1. The first-order chi connectivity index (χ1) is 10.2. The van der Waals surface area contributed by atoms with Crippen LogP contribution in [0.4, 0.5) is 5.69 Å². The highest BCUT2D eigenvalue weighted by molar-refractivity contribution is 5.93. The lowest BCUT2D eigenvalue weighted by Gasteiger charge is -2.11. The minimum Gasteiger partial charge on any atom is -0.397 e. The summed E-state index contributed by atoms with van der Waals surface area (Å²) in [7, 11) is 0. The van der Waals surface area contributed by atoms with Crippen LogP contribution in [-0.2, 0) is 19.5 Å². The Morgan fingerprint density at radius 3 is 2.62 bits per heavy atom. The average molecular weight is 285 g/mol. The molecule has 0 saturated heterocycles. The van der Waals surface area contributed by atoms with Crippen molar-refractivity contribution in [3.05, 3.63) is 53.3 Å². The summed E-state index contributed by atoms with van der Waals surface area (Å²) >= 11 is 0. The van der Waals surface area contributed by atoms with E-state index in [2.05, 4.69) is 31.3 Å². The van der Waals surface area contributed by atoms with E-state index in [1.54, 1.807) is 6.07 Å². The third-order valence-electron chi connectivity index (χ3n) is 3.55. The topological polar surface area (TPSA) is 60.0 Å². The molecule has 1 aromatic carbocycles. The summed E-state index contributed by atoms with van der Waals surface area (Å²) in [6, 6.07) is 9.91. The van der Waals surface area contributed by atoms with Crippen molar-refractivity contribution in [2.24, 2.45) is 0 Å². The summed E-state index contributed by atoms with van der Waals surface area (Å²) < 4.78 is 1.91. The van der Waals surface area contributed by atoms with Crippen LogP contribution >= 0.6 is 0 Å². The van der Waals surface area contributed by atoms with Crippen LogP contribution in [0.15, 0.2) is 36.5 Å². The number of carbonyl (C=O) groups is 1. The molecule has 0 radical (unpaired) electrons. The van der Waals surface area contributed by atoms with Crippen LogP contribution < -0.4 is 11.1 Å². The van der Waals surface area contributed by atoms with Crippen molar-refractivity contribution in [3.8, 4) is 0 Å². The maximum Gasteiger partial charge on any atom is 0.268 e. The average Bonchev–Trinajstić information content (AvgIpc) is 2.86. The Morgan fingerprint density at radius 2 is 1.95 bits per heavy atom. The predicted molar refractivity (Wildman–Crippen MR) is 86.1 cm³/mol. The third-order valence-corrected chi connectivity index (χ3v) is 3.55. The van der Waals surface area contributed by atoms with E-state index in [4.69, 9.17) is 5.73 Å². The Labute approximate surface area is 126 Å². The molecule has 1 aromatic heterocycles. The number of hydrogen-bond donors (Lipinski definition) is 2. The fourth-order valence-electron chi connectivity index (χ4n) is 2.49. The maximum atomic E-state index is 12.3. The molecule has 21 heavy (non-hydrogen) atoms. The number of hydrogen-bond acceptors (Lipinski definition) is 2. The number of anilines is 1. The fraction of sp³-hybridized carbons (Fsp3) is 0.353. The molecule has 112 valence electrons. The van der Waals surface area contributed by atoms with Crippen LogP contribution in [0.5, 0.6) is 0 Å². The highest BCUT2D eigenvalue weighted by atomic mass is 16.1. The van der Waals surface area contributed by atoms with Crippen LogP contribution in [0.3, 0.4) is 0 Å². The molecule has 0 saturated carbocycles. The maximum absolute atomic E-state index is 12.3. The van der Waals surface area contributed by atoms with Gasteiger partial charge in [0.05, 0.1) is 5.69 Å². The number of nitrogen functional groups attached to an aromatic ring is 1. The Bertz CT molecular complexity index is 616. The minimum absolute atomic E-state index is 0.0777. The first-order valence-corrected chi connectivity index (χ1v) is 7.46. The monoisotopic (exact) mass is 285 g/mol. The second-order valence-electron chi connectivity index (χ2n) is 5.16. The van der Waals surface area contributed by atoms with Gasteiger partial charge < -0.3 is 15.6 Å². The summed E-state index contributed by atoms with van der Waals surface area (Å²) in [5.41, 5.74) is 9.48. The van der Waals surface area contributed by atoms with Crippen molar-refractivity contribution in [3.63, 3.8) is 0 Å². The number of nitrogens with one attached hydrogen (secondary N) is 1. The van der Waals surface area contributed by atoms with E-state index in [-0.39, 0.29) is 5.91 Å². The number of aromatic nitrogens is 1. The second-order valence-corrected chi connectivity index (χ2v) is 5.16. The van der Waals surface area contributed by atoms with E-state index in [0.29, 0.717) is 17.9 Å². The molecular weight excluding hydrogens is 262 g/mol. The van der Waals surface area contributed by atoms with Crippen molar-refractivity contribution in [2.75, 3.05) is 5.73 Å². The Morgan fingerprint density at radius 1 is 1.24 bits per heavy atom. The van der Waals surface area contributed by atoms with E-state index < -0.39 is 0 Å². The standard InChI is InChI=1S/C17H23N3O/c1-3-9-20-12-15(18)10-16(20)17(21)19-11-14-8-6-5-7-13(14)4-2/h5-8,10,12H,3-4,9,11,18H2,1-2H3,(H,19,21). The van der Waals surface area contributed by atoms with Gasteiger partial charge in [0.15, 0.2) is 0 Å². The van der Waals surface area contributed by atoms with E-state index in [9.17, 15) is 4.79 Å². The normalized spacial score (nSPS) is 10.6. The molecule has 4 nitrogen and oxygen atoms in total. The summed E-state index contributed by atoms with van der Waals surface area (Å²) in [4.78, 5) is 12.3. The Balaban J connectivity index is 2.08.